The van der Waals surface area contributed by atoms with Gasteiger partial charge in [-0.2, -0.15) is 0 Å². The van der Waals surface area contributed by atoms with Crippen molar-refractivity contribution in [1.29, 1.82) is 0 Å². The maximum absolute atomic E-state index is 11.3. The highest BCUT2D eigenvalue weighted by Crippen LogP contribution is 2.37. The topological polar surface area (TPSA) is 52.4 Å². The van der Waals surface area contributed by atoms with E-state index in [2.05, 4.69) is 0 Å². The molecule has 2 aromatic carbocycles. The fourth-order valence-corrected chi connectivity index (χ4v) is 1.89. The summed E-state index contributed by atoms with van der Waals surface area (Å²) in [6.45, 7) is 2.44. The van der Waals surface area contributed by atoms with Crippen molar-refractivity contribution in [3.8, 4) is 16.9 Å². The van der Waals surface area contributed by atoms with Crippen LogP contribution in [0, 0.1) is 10.1 Å². The molecule has 0 aromatic heterocycles. The van der Waals surface area contributed by atoms with Crippen molar-refractivity contribution in [2.75, 3.05) is 6.61 Å². The van der Waals surface area contributed by atoms with Crippen LogP contribution in [0.2, 0.25) is 0 Å². The minimum atomic E-state index is -0.382. The van der Waals surface area contributed by atoms with E-state index in [1.165, 1.54) is 0 Å². The maximum atomic E-state index is 11.3. The van der Waals surface area contributed by atoms with Gasteiger partial charge in [0.05, 0.1) is 17.1 Å². The van der Waals surface area contributed by atoms with Gasteiger partial charge in [-0.3, -0.25) is 10.1 Å². The van der Waals surface area contributed by atoms with Crippen molar-refractivity contribution < 1.29 is 9.66 Å². The van der Waals surface area contributed by atoms with Gasteiger partial charge in [-0.1, -0.05) is 43.3 Å². The summed E-state index contributed by atoms with van der Waals surface area (Å²) < 4.78 is 5.47. The first-order valence-corrected chi connectivity index (χ1v) is 6.19. The first-order valence-electron chi connectivity index (χ1n) is 6.19. The molecule has 4 heteroatoms. The molecule has 0 radical (unpaired) electrons. The van der Waals surface area contributed by atoms with Gasteiger partial charge >= 0.3 is 5.69 Å². The molecule has 2 rings (SSSR count). The van der Waals surface area contributed by atoms with Gasteiger partial charge in [-0.15, -0.1) is 0 Å². The molecule has 0 saturated carbocycles. The van der Waals surface area contributed by atoms with E-state index >= 15 is 0 Å². The molecule has 19 heavy (non-hydrogen) atoms. The molecule has 0 atom stereocenters. The Morgan fingerprint density at radius 2 is 1.84 bits per heavy atom. The molecule has 0 heterocycles. The zero-order valence-electron chi connectivity index (χ0n) is 10.7. The predicted molar refractivity (Wildman–Crippen MR) is 74.3 cm³/mol. The van der Waals surface area contributed by atoms with Gasteiger partial charge in [0.2, 0.25) is 0 Å². The molecule has 4 nitrogen and oxygen atoms in total. The third-order valence-corrected chi connectivity index (χ3v) is 2.73. The normalized spacial score (nSPS) is 10.2. The van der Waals surface area contributed by atoms with Crippen LogP contribution < -0.4 is 4.74 Å². The van der Waals surface area contributed by atoms with Crippen molar-refractivity contribution in [3.05, 3.63) is 58.6 Å². The highest BCUT2D eigenvalue weighted by Gasteiger charge is 2.21. The van der Waals surface area contributed by atoms with Gasteiger partial charge in [0.1, 0.15) is 0 Å². The Kier molecular flexibility index (Phi) is 4.13. The van der Waals surface area contributed by atoms with Crippen LogP contribution in [-0.4, -0.2) is 11.5 Å². The third-order valence-electron chi connectivity index (χ3n) is 2.73. The lowest BCUT2D eigenvalue weighted by molar-refractivity contribution is -0.385. The molecule has 0 bridgehead atoms. The Morgan fingerprint density at radius 3 is 2.47 bits per heavy atom. The smallest absolute Gasteiger partial charge is 0.318 e. The first kappa shape index (κ1) is 13.1. The lowest BCUT2D eigenvalue weighted by Crippen LogP contribution is -2.00. The van der Waals surface area contributed by atoms with Crippen molar-refractivity contribution in [2.45, 2.75) is 13.3 Å². The molecular weight excluding hydrogens is 242 g/mol. The van der Waals surface area contributed by atoms with Crippen molar-refractivity contribution in [2.24, 2.45) is 0 Å². The Morgan fingerprint density at radius 1 is 1.11 bits per heavy atom. The summed E-state index contributed by atoms with van der Waals surface area (Å²) in [5.74, 6) is 0.327. The monoisotopic (exact) mass is 257 g/mol. The van der Waals surface area contributed by atoms with Gasteiger partial charge in [0.25, 0.3) is 0 Å². The second kappa shape index (κ2) is 6.00. The summed E-state index contributed by atoms with van der Waals surface area (Å²) >= 11 is 0. The van der Waals surface area contributed by atoms with Crippen molar-refractivity contribution >= 4 is 5.69 Å². The predicted octanol–water partition coefficient (Wildman–Crippen LogP) is 4.05. The highest BCUT2D eigenvalue weighted by atomic mass is 16.6. The van der Waals surface area contributed by atoms with E-state index in [1.54, 1.807) is 18.2 Å². The summed E-state index contributed by atoms with van der Waals surface area (Å²) in [4.78, 5) is 10.9. The Labute approximate surface area is 111 Å². The SMILES string of the molecule is CCCOc1cccc(-c2ccccc2)c1[N+](=O)[O-]. The minimum Gasteiger partial charge on any atom is -0.487 e. The average Bonchev–Trinajstić information content (AvgIpc) is 2.45. The van der Waals surface area contributed by atoms with Crippen LogP contribution in [0.25, 0.3) is 11.1 Å². The maximum Gasteiger partial charge on any atom is 0.318 e. The van der Waals surface area contributed by atoms with Crippen LogP contribution in [0.1, 0.15) is 13.3 Å². The van der Waals surface area contributed by atoms with Gasteiger partial charge < -0.3 is 4.74 Å². The van der Waals surface area contributed by atoms with E-state index < -0.39 is 0 Å². The van der Waals surface area contributed by atoms with Crippen LogP contribution in [-0.2, 0) is 0 Å². The van der Waals surface area contributed by atoms with E-state index in [4.69, 9.17) is 4.74 Å². The quantitative estimate of drug-likeness (QED) is 0.599. The number of nitro groups is 1. The summed E-state index contributed by atoms with van der Waals surface area (Å²) in [5.41, 5.74) is 1.43. The van der Waals surface area contributed by atoms with E-state index in [1.807, 2.05) is 37.3 Å². The molecular formula is C15H15NO3. The fourth-order valence-electron chi connectivity index (χ4n) is 1.89. The molecule has 0 N–H and O–H groups in total. The van der Waals surface area contributed by atoms with Crippen LogP contribution in [0.15, 0.2) is 48.5 Å². The van der Waals surface area contributed by atoms with Crippen LogP contribution in [0.4, 0.5) is 5.69 Å². The number of hydrogen-bond donors (Lipinski definition) is 0. The molecule has 0 fully saturated rings. The largest absolute Gasteiger partial charge is 0.487 e. The lowest BCUT2D eigenvalue weighted by Gasteiger charge is -2.09. The van der Waals surface area contributed by atoms with Crippen molar-refractivity contribution in [1.82, 2.24) is 0 Å². The standard InChI is InChI=1S/C15H15NO3/c1-2-11-19-14-10-6-9-13(15(14)16(17)18)12-7-4-3-5-8-12/h3-10H,2,11H2,1H3. The number of nitro benzene ring substituents is 1. The average molecular weight is 257 g/mol. The molecule has 0 spiro atoms. The number of nitrogens with zero attached hydrogens (tertiary/aromatic N) is 1. The van der Waals surface area contributed by atoms with Gasteiger partial charge in [0.15, 0.2) is 5.75 Å². The van der Waals surface area contributed by atoms with E-state index in [-0.39, 0.29) is 10.6 Å². The zero-order valence-corrected chi connectivity index (χ0v) is 10.7. The summed E-state index contributed by atoms with van der Waals surface area (Å²) in [6, 6.07) is 14.5. The summed E-state index contributed by atoms with van der Waals surface area (Å²) in [5, 5.41) is 11.3. The van der Waals surface area contributed by atoms with Crippen LogP contribution in [0.3, 0.4) is 0 Å². The van der Waals surface area contributed by atoms with Crippen LogP contribution in [0.5, 0.6) is 5.75 Å². The van der Waals surface area contributed by atoms with E-state index in [0.29, 0.717) is 17.9 Å². The third kappa shape index (κ3) is 2.91. The lowest BCUT2D eigenvalue weighted by atomic mass is 10.0. The number of ether oxygens (including phenoxy) is 1. The molecule has 2 aromatic rings. The second-order valence-corrected chi connectivity index (χ2v) is 4.12. The van der Waals surface area contributed by atoms with E-state index in [0.717, 1.165) is 12.0 Å². The molecule has 0 aliphatic carbocycles. The molecule has 98 valence electrons. The van der Waals surface area contributed by atoms with Crippen molar-refractivity contribution in [3.63, 3.8) is 0 Å². The zero-order chi connectivity index (χ0) is 13.7. The van der Waals surface area contributed by atoms with Gasteiger partial charge in [-0.05, 0) is 24.1 Å². The molecule has 0 saturated heterocycles. The summed E-state index contributed by atoms with van der Waals surface area (Å²) in [6.07, 6.45) is 0.812. The Bertz CT molecular complexity index is 567. The molecule has 0 aliphatic rings. The number of rotatable bonds is 5. The highest BCUT2D eigenvalue weighted by molar-refractivity contribution is 5.77. The molecule has 0 amide bonds. The van der Waals surface area contributed by atoms with Crippen LogP contribution >= 0.6 is 0 Å². The minimum absolute atomic E-state index is 0.0298. The van der Waals surface area contributed by atoms with Gasteiger partial charge in [0, 0.05) is 0 Å². The van der Waals surface area contributed by atoms with Gasteiger partial charge in [-0.25, -0.2) is 0 Å². The second-order valence-electron chi connectivity index (χ2n) is 4.12. The Hall–Kier alpha value is -2.36. The Balaban J connectivity index is 2.52. The number of hydrogen-bond acceptors (Lipinski definition) is 3. The number of para-hydroxylation sites is 1. The summed E-state index contributed by atoms with van der Waals surface area (Å²) in [7, 11) is 0. The fraction of sp³-hybridized carbons (Fsp3) is 0.200. The molecule has 0 aliphatic heterocycles. The van der Waals surface area contributed by atoms with E-state index in [9.17, 15) is 10.1 Å². The molecule has 0 unspecified atom stereocenters. The first-order chi connectivity index (χ1) is 9.24. The number of benzene rings is 2.